The van der Waals surface area contributed by atoms with Crippen LogP contribution in [-0.2, 0) is 51.3 Å². The summed E-state index contributed by atoms with van der Waals surface area (Å²) in [4.78, 5) is 108. The largest absolute Gasteiger partial charge is 0.493 e. The molecule has 20 heteroatoms. The molecule has 0 bridgehead atoms. The van der Waals surface area contributed by atoms with Crippen molar-refractivity contribution in [3.8, 4) is 16.9 Å². The summed E-state index contributed by atoms with van der Waals surface area (Å²) in [5, 5.41) is 29.7. The van der Waals surface area contributed by atoms with E-state index in [1.54, 1.807) is 0 Å². The Kier molecular flexibility index (Phi) is 17.6. The van der Waals surface area contributed by atoms with Crippen LogP contribution in [0, 0.1) is 5.41 Å². The number of benzene rings is 3. The van der Waals surface area contributed by atoms with Crippen molar-refractivity contribution >= 4 is 47.4 Å². The molecule has 0 radical (unpaired) electrons. The summed E-state index contributed by atoms with van der Waals surface area (Å²) >= 11 is 0. The molecule has 2 atom stereocenters. The van der Waals surface area contributed by atoms with E-state index in [1.165, 1.54) is 11.1 Å². The molecule has 3 aliphatic rings. The number of hydrogen-bond donors (Lipinski definition) is 9. The molecule has 8 amide bonds. The van der Waals surface area contributed by atoms with Gasteiger partial charge >= 0.3 is 6.09 Å². The van der Waals surface area contributed by atoms with Gasteiger partial charge in [-0.15, -0.1) is 0 Å². The number of rotatable bonds is 16. The van der Waals surface area contributed by atoms with Crippen molar-refractivity contribution in [3.05, 3.63) is 89.0 Å². The van der Waals surface area contributed by atoms with Crippen molar-refractivity contribution < 1.29 is 52.9 Å². The average Bonchev–Trinajstić information content (AvgIpc) is 3.64. The van der Waals surface area contributed by atoms with Crippen LogP contribution in [0.25, 0.3) is 11.1 Å². The number of likely N-dealkylation sites (N-methyl/N-ethyl adjacent to an activating group) is 1. The van der Waals surface area contributed by atoms with Gasteiger partial charge in [0.05, 0.1) is 19.8 Å². The number of carbonyl (C=O) groups excluding carboxylic acids is 8. The van der Waals surface area contributed by atoms with Crippen LogP contribution in [0.15, 0.2) is 66.7 Å². The molecule has 1 unspecified atom stereocenters. The fourth-order valence-corrected chi connectivity index (χ4v) is 8.16. The quantitative estimate of drug-likeness (QED) is 0.0640. The highest BCUT2D eigenvalue weighted by Gasteiger charge is 2.46. The van der Waals surface area contributed by atoms with Gasteiger partial charge in [0, 0.05) is 77.5 Å². The third-order valence-electron chi connectivity index (χ3n) is 11.9. The van der Waals surface area contributed by atoms with Crippen molar-refractivity contribution in [2.45, 2.75) is 50.6 Å². The molecular weight excluding hydrogens is 867 g/mol. The summed E-state index contributed by atoms with van der Waals surface area (Å²) in [5.74, 6) is -4.67. The van der Waals surface area contributed by atoms with E-state index >= 15 is 0 Å². The van der Waals surface area contributed by atoms with Gasteiger partial charge in [-0.05, 0) is 59.3 Å². The maximum atomic E-state index is 14.1. The number of ether oxygens (including phenoxy) is 2. The van der Waals surface area contributed by atoms with Crippen LogP contribution < -0.4 is 47.3 Å². The second kappa shape index (κ2) is 23.9. The lowest BCUT2D eigenvalue weighted by Crippen LogP contribution is -2.62. The fourth-order valence-electron chi connectivity index (χ4n) is 8.16. The lowest BCUT2D eigenvalue weighted by molar-refractivity contribution is -0.143. The number of nitrogens with zero attached hydrogens (tertiary/aromatic N) is 1. The van der Waals surface area contributed by atoms with E-state index in [2.05, 4.69) is 60.5 Å². The highest BCUT2D eigenvalue weighted by Crippen LogP contribution is 2.44. The monoisotopic (exact) mass is 925 g/mol. The Labute approximate surface area is 388 Å². The molecule has 0 aromatic heterocycles. The number of aliphatic hydroxyl groups excluding tert-OH is 1. The second-order valence-electron chi connectivity index (χ2n) is 16.6. The first-order valence-electron chi connectivity index (χ1n) is 22.4. The third-order valence-corrected chi connectivity index (χ3v) is 11.9. The van der Waals surface area contributed by atoms with Crippen molar-refractivity contribution in [2.75, 3.05) is 79.2 Å². The zero-order valence-electron chi connectivity index (χ0n) is 37.5. The molecule has 0 spiro atoms. The van der Waals surface area contributed by atoms with Gasteiger partial charge in [-0.1, -0.05) is 60.7 Å². The predicted octanol–water partition coefficient (Wildman–Crippen LogP) is -0.673. The minimum Gasteiger partial charge on any atom is -0.493 e. The molecule has 358 valence electrons. The van der Waals surface area contributed by atoms with E-state index in [4.69, 9.17) is 9.47 Å². The molecule has 1 saturated heterocycles. The van der Waals surface area contributed by atoms with Crippen LogP contribution in [0.5, 0.6) is 5.75 Å². The van der Waals surface area contributed by atoms with Gasteiger partial charge in [0.15, 0.2) is 5.41 Å². The molecule has 20 nitrogen and oxygen atoms in total. The first-order chi connectivity index (χ1) is 32.4. The Bertz CT molecular complexity index is 2260. The molecular formula is C47H59N9O11. The summed E-state index contributed by atoms with van der Waals surface area (Å²) in [6.07, 6.45) is -0.348. The van der Waals surface area contributed by atoms with Gasteiger partial charge in [-0.2, -0.15) is 0 Å². The van der Waals surface area contributed by atoms with Crippen LogP contribution in [0.4, 0.5) is 4.79 Å². The third kappa shape index (κ3) is 13.3. The molecule has 2 aliphatic heterocycles. The van der Waals surface area contributed by atoms with E-state index < -0.39 is 85.1 Å². The molecule has 9 N–H and O–H groups in total. The number of amides is 8. The molecule has 3 aromatic carbocycles. The molecule has 1 fully saturated rings. The van der Waals surface area contributed by atoms with Crippen molar-refractivity contribution in [2.24, 2.45) is 5.41 Å². The summed E-state index contributed by atoms with van der Waals surface area (Å²) in [5.41, 5.74) is 4.25. The van der Waals surface area contributed by atoms with Crippen LogP contribution in [0.2, 0.25) is 0 Å². The Morgan fingerprint density at radius 2 is 1.51 bits per heavy atom. The second-order valence-corrected chi connectivity index (χ2v) is 16.6. The van der Waals surface area contributed by atoms with Crippen molar-refractivity contribution in [1.29, 1.82) is 0 Å². The van der Waals surface area contributed by atoms with Gasteiger partial charge in [-0.3, -0.25) is 33.6 Å². The lowest BCUT2D eigenvalue weighted by atomic mass is 9.84. The minimum atomic E-state index is -2.25. The fraction of sp³-hybridized carbons (Fsp3) is 0.447. The number of aliphatic hydroxyl groups is 1. The molecule has 0 saturated carbocycles. The number of nitrogens with one attached hydrogen (secondary N) is 8. The Morgan fingerprint density at radius 1 is 0.791 bits per heavy atom. The van der Waals surface area contributed by atoms with Crippen LogP contribution in [0.3, 0.4) is 0 Å². The van der Waals surface area contributed by atoms with Crippen LogP contribution in [0.1, 0.15) is 53.9 Å². The van der Waals surface area contributed by atoms with E-state index in [-0.39, 0.29) is 51.4 Å². The lowest BCUT2D eigenvalue weighted by Gasteiger charge is -2.31. The summed E-state index contributed by atoms with van der Waals surface area (Å²) in [6, 6.07) is 20.3. The number of carbonyl (C=O) groups is 8. The van der Waals surface area contributed by atoms with E-state index in [9.17, 15) is 43.5 Å². The molecule has 6 rings (SSSR count). The van der Waals surface area contributed by atoms with E-state index in [0.29, 0.717) is 19.6 Å². The minimum absolute atomic E-state index is 0.00649. The molecule has 67 heavy (non-hydrogen) atoms. The molecule has 2 heterocycles. The maximum Gasteiger partial charge on any atom is 0.407 e. The summed E-state index contributed by atoms with van der Waals surface area (Å²) < 4.78 is 11.6. The zero-order valence-corrected chi connectivity index (χ0v) is 37.5. The predicted molar refractivity (Wildman–Crippen MR) is 243 cm³/mol. The van der Waals surface area contributed by atoms with Gasteiger partial charge in [-0.25, -0.2) is 4.79 Å². The Hall–Kier alpha value is -7.06. The molecule has 1 aliphatic carbocycles. The number of hydrogen-bond acceptors (Lipinski definition) is 12. The van der Waals surface area contributed by atoms with Gasteiger partial charge < -0.3 is 62.0 Å². The van der Waals surface area contributed by atoms with Gasteiger partial charge in [0.1, 0.15) is 18.4 Å². The van der Waals surface area contributed by atoms with Gasteiger partial charge in [0.25, 0.3) is 0 Å². The van der Waals surface area contributed by atoms with E-state index in [1.807, 2.05) is 60.7 Å². The normalized spacial score (nSPS) is 19.0. The Balaban J connectivity index is 1.05. The summed E-state index contributed by atoms with van der Waals surface area (Å²) in [7, 11) is 2.07. The van der Waals surface area contributed by atoms with Crippen molar-refractivity contribution in [3.63, 3.8) is 0 Å². The smallest absolute Gasteiger partial charge is 0.407 e. The SMILES string of the molecule is CN1CCc2c(cccc2OCCCNC(=O)CCNC(=O)C2(CNC(=O)CNC(=O)OCC3c4ccccc4-c4ccccc43)CNC(=O)CCNC(=O)[C@H](CO)NC(=O)CCNC2=O)C1. The topological polar surface area (TPSA) is 275 Å². The highest BCUT2D eigenvalue weighted by atomic mass is 16.5. The standard InChI is InChI=1S/C47H59N9O11/c1-56-22-17-31-30(25-56)8-6-13-38(31)66-23-7-18-48-39(58)15-20-50-44(63)47(28-53-40(59)14-19-49-43(62)37(26-57)55-41(60)16-21-51-45(47)64)29-54-42(61)24-52-46(65)67-27-36-34-11-4-2-9-32(34)33-10-3-5-12-35(33)36/h2-6,8-13,36-37,57H,7,14-29H2,1H3,(H,48,58)(H,49,62)(H,50,63)(H,51,64)(H,52,65)(H,53,59)(H,54,61)(H,55,60)/t37-,47?/m0/s1. The summed E-state index contributed by atoms with van der Waals surface area (Å²) in [6.45, 7) is -1.03. The first-order valence-corrected chi connectivity index (χ1v) is 22.4. The number of alkyl carbamates (subject to hydrolysis) is 1. The zero-order chi connectivity index (χ0) is 47.8. The number of fused-ring (bicyclic) bond motifs is 4. The average molecular weight is 926 g/mol. The highest BCUT2D eigenvalue weighted by molar-refractivity contribution is 6.06. The van der Waals surface area contributed by atoms with Crippen LogP contribution in [-0.4, -0.2) is 143 Å². The Morgan fingerprint density at radius 3 is 2.25 bits per heavy atom. The van der Waals surface area contributed by atoms with E-state index in [0.717, 1.165) is 47.5 Å². The van der Waals surface area contributed by atoms with Gasteiger partial charge in [0.2, 0.25) is 41.4 Å². The first kappa shape index (κ1) is 49.4. The molecule has 3 aromatic rings. The van der Waals surface area contributed by atoms with Crippen LogP contribution >= 0.6 is 0 Å². The maximum absolute atomic E-state index is 14.1. The van der Waals surface area contributed by atoms with Crippen molar-refractivity contribution in [1.82, 2.24) is 47.4 Å².